The number of nitrogens with one attached hydrogen (secondary N) is 1. The van der Waals surface area contributed by atoms with Crippen LogP contribution in [-0.2, 0) is 10.2 Å². The molecule has 4 heteroatoms. The van der Waals surface area contributed by atoms with Crippen LogP contribution in [0.1, 0.15) is 18.4 Å². The summed E-state index contributed by atoms with van der Waals surface area (Å²) in [5.41, 5.74) is 1.54. The van der Waals surface area contributed by atoms with Gasteiger partial charge in [0.25, 0.3) is 0 Å². The van der Waals surface area contributed by atoms with Gasteiger partial charge in [-0.25, -0.2) is 0 Å². The summed E-state index contributed by atoms with van der Waals surface area (Å²) >= 11 is 3.56. The fraction of sp³-hybridized carbons (Fsp3) is 0.571. The molecule has 2 rings (SSSR count). The molecular weight excluding hydrogens is 294 g/mol. The monoisotopic (exact) mass is 313 g/mol. The van der Waals surface area contributed by atoms with Crippen molar-refractivity contribution in [2.24, 2.45) is 0 Å². The highest BCUT2D eigenvalue weighted by Crippen LogP contribution is 2.39. The van der Waals surface area contributed by atoms with E-state index >= 15 is 0 Å². The lowest BCUT2D eigenvalue weighted by atomic mass is 9.75. The van der Waals surface area contributed by atoms with E-state index in [0.29, 0.717) is 0 Å². The first kappa shape index (κ1) is 13.8. The zero-order valence-electron chi connectivity index (χ0n) is 11.0. The zero-order chi connectivity index (χ0) is 13.0. The van der Waals surface area contributed by atoms with Crippen molar-refractivity contribution >= 4 is 15.9 Å². The smallest absolute Gasteiger partial charge is 0.133 e. The number of methoxy groups -OCH3 is 1. The number of benzene rings is 1. The topological polar surface area (TPSA) is 30.5 Å². The summed E-state index contributed by atoms with van der Waals surface area (Å²) in [6.45, 7) is 2.71. The maximum Gasteiger partial charge on any atom is 0.133 e. The van der Waals surface area contributed by atoms with Crippen LogP contribution in [0, 0.1) is 0 Å². The van der Waals surface area contributed by atoms with Crippen molar-refractivity contribution in [1.29, 1.82) is 0 Å². The first-order valence-corrected chi connectivity index (χ1v) is 7.07. The molecule has 18 heavy (non-hydrogen) atoms. The van der Waals surface area contributed by atoms with E-state index in [1.54, 1.807) is 7.11 Å². The quantitative estimate of drug-likeness (QED) is 0.819. The molecule has 1 aromatic carbocycles. The SMILES string of the molecule is CNCCCC1(c2ccc(OC)c(Br)c2)COC1. The van der Waals surface area contributed by atoms with Gasteiger partial charge in [-0.15, -0.1) is 0 Å². The minimum absolute atomic E-state index is 0.200. The van der Waals surface area contributed by atoms with E-state index in [-0.39, 0.29) is 5.41 Å². The molecule has 3 nitrogen and oxygen atoms in total. The second-order valence-corrected chi connectivity index (χ2v) is 5.68. The third kappa shape index (κ3) is 2.71. The number of ether oxygens (including phenoxy) is 2. The van der Waals surface area contributed by atoms with Gasteiger partial charge in [0.1, 0.15) is 5.75 Å². The fourth-order valence-electron chi connectivity index (χ4n) is 2.40. The van der Waals surface area contributed by atoms with E-state index in [0.717, 1.165) is 36.4 Å². The van der Waals surface area contributed by atoms with Gasteiger partial charge in [0.15, 0.2) is 0 Å². The Morgan fingerprint density at radius 1 is 1.44 bits per heavy atom. The molecule has 100 valence electrons. The van der Waals surface area contributed by atoms with Crippen LogP contribution in [0.3, 0.4) is 0 Å². The molecule has 0 amide bonds. The van der Waals surface area contributed by atoms with E-state index in [4.69, 9.17) is 9.47 Å². The molecule has 0 unspecified atom stereocenters. The van der Waals surface area contributed by atoms with Gasteiger partial charge in [-0.3, -0.25) is 0 Å². The summed E-state index contributed by atoms with van der Waals surface area (Å²) in [5, 5.41) is 3.20. The Labute approximate surface area is 117 Å². The Kier molecular flexibility index (Phi) is 4.65. The fourth-order valence-corrected chi connectivity index (χ4v) is 2.94. The first-order valence-electron chi connectivity index (χ1n) is 6.28. The van der Waals surface area contributed by atoms with Crippen molar-refractivity contribution in [2.75, 3.05) is 33.9 Å². The highest BCUT2D eigenvalue weighted by atomic mass is 79.9. The second-order valence-electron chi connectivity index (χ2n) is 4.83. The molecule has 1 aliphatic heterocycles. The highest BCUT2D eigenvalue weighted by molar-refractivity contribution is 9.10. The van der Waals surface area contributed by atoms with E-state index in [9.17, 15) is 0 Å². The van der Waals surface area contributed by atoms with Crippen molar-refractivity contribution in [3.63, 3.8) is 0 Å². The predicted octanol–water partition coefficient (Wildman–Crippen LogP) is 2.73. The van der Waals surface area contributed by atoms with Crippen molar-refractivity contribution < 1.29 is 9.47 Å². The van der Waals surface area contributed by atoms with Gasteiger partial charge in [-0.05, 0) is 60.1 Å². The molecule has 0 aromatic heterocycles. The number of hydrogen-bond acceptors (Lipinski definition) is 3. The van der Waals surface area contributed by atoms with E-state index < -0.39 is 0 Å². The lowest BCUT2D eigenvalue weighted by Crippen LogP contribution is -2.47. The van der Waals surface area contributed by atoms with E-state index in [2.05, 4.69) is 33.4 Å². The average Bonchev–Trinajstić information content (AvgIpc) is 2.32. The van der Waals surface area contributed by atoms with Crippen molar-refractivity contribution in [1.82, 2.24) is 5.32 Å². The molecule has 1 fully saturated rings. The molecule has 1 aromatic rings. The highest BCUT2D eigenvalue weighted by Gasteiger charge is 2.39. The Balaban J connectivity index is 2.14. The Bertz CT molecular complexity index is 405. The van der Waals surface area contributed by atoms with Crippen LogP contribution >= 0.6 is 15.9 Å². The van der Waals surface area contributed by atoms with Gasteiger partial charge in [0.05, 0.1) is 24.8 Å². The van der Waals surface area contributed by atoms with Gasteiger partial charge >= 0.3 is 0 Å². The Morgan fingerprint density at radius 3 is 2.72 bits per heavy atom. The maximum atomic E-state index is 5.45. The molecule has 0 bridgehead atoms. The number of halogens is 1. The summed E-state index contributed by atoms with van der Waals surface area (Å²) in [7, 11) is 3.68. The molecule has 0 atom stereocenters. The van der Waals surface area contributed by atoms with Gasteiger partial charge in [0.2, 0.25) is 0 Å². The maximum absolute atomic E-state index is 5.45. The third-order valence-electron chi connectivity index (χ3n) is 3.60. The van der Waals surface area contributed by atoms with Crippen LogP contribution in [0.4, 0.5) is 0 Å². The average molecular weight is 314 g/mol. The molecule has 1 heterocycles. The van der Waals surface area contributed by atoms with E-state index in [1.165, 1.54) is 12.0 Å². The van der Waals surface area contributed by atoms with E-state index in [1.807, 2.05) is 13.1 Å². The van der Waals surface area contributed by atoms with Crippen LogP contribution < -0.4 is 10.1 Å². The summed E-state index contributed by atoms with van der Waals surface area (Å²) < 4.78 is 11.7. The van der Waals surface area contributed by atoms with Gasteiger partial charge in [0, 0.05) is 5.41 Å². The minimum Gasteiger partial charge on any atom is -0.496 e. The van der Waals surface area contributed by atoms with Crippen LogP contribution in [-0.4, -0.2) is 33.9 Å². The summed E-state index contributed by atoms with van der Waals surface area (Å²) in [6, 6.07) is 6.35. The van der Waals surface area contributed by atoms with Crippen molar-refractivity contribution in [3.05, 3.63) is 28.2 Å². The van der Waals surface area contributed by atoms with Crippen molar-refractivity contribution in [3.8, 4) is 5.75 Å². The molecule has 1 saturated heterocycles. The molecule has 0 spiro atoms. The number of hydrogen-bond donors (Lipinski definition) is 1. The predicted molar refractivity (Wildman–Crippen MR) is 76.4 cm³/mol. The van der Waals surface area contributed by atoms with Gasteiger partial charge < -0.3 is 14.8 Å². The second kappa shape index (κ2) is 6.04. The zero-order valence-corrected chi connectivity index (χ0v) is 12.5. The Morgan fingerprint density at radius 2 is 2.22 bits per heavy atom. The lowest BCUT2D eigenvalue weighted by molar-refractivity contribution is -0.0651. The molecule has 0 radical (unpaired) electrons. The Hall–Kier alpha value is -0.580. The lowest BCUT2D eigenvalue weighted by Gasteiger charge is -2.42. The largest absolute Gasteiger partial charge is 0.496 e. The first-order chi connectivity index (χ1) is 8.72. The number of rotatable bonds is 6. The molecule has 1 N–H and O–H groups in total. The normalized spacial score (nSPS) is 17.3. The van der Waals surface area contributed by atoms with Crippen molar-refractivity contribution in [2.45, 2.75) is 18.3 Å². The third-order valence-corrected chi connectivity index (χ3v) is 4.22. The summed E-state index contributed by atoms with van der Waals surface area (Å²) in [6.07, 6.45) is 2.33. The van der Waals surface area contributed by atoms with Gasteiger partial charge in [-0.1, -0.05) is 6.07 Å². The van der Waals surface area contributed by atoms with Crippen LogP contribution in [0.15, 0.2) is 22.7 Å². The standard InChI is InChI=1S/C14H20BrNO2/c1-16-7-3-6-14(9-18-10-14)11-4-5-13(17-2)12(15)8-11/h4-5,8,16H,3,6-7,9-10H2,1-2H3. The van der Waals surface area contributed by atoms with Crippen LogP contribution in [0.2, 0.25) is 0 Å². The molecular formula is C14H20BrNO2. The summed E-state index contributed by atoms with van der Waals surface area (Å²) in [5.74, 6) is 0.879. The molecule has 0 saturated carbocycles. The van der Waals surface area contributed by atoms with Crippen LogP contribution in [0.5, 0.6) is 5.75 Å². The van der Waals surface area contributed by atoms with Crippen LogP contribution in [0.25, 0.3) is 0 Å². The minimum atomic E-state index is 0.200. The summed E-state index contributed by atoms with van der Waals surface area (Å²) in [4.78, 5) is 0. The van der Waals surface area contributed by atoms with Gasteiger partial charge in [-0.2, -0.15) is 0 Å². The molecule has 0 aliphatic carbocycles. The molecule has 1 aliphatic rings.